The fourth-order valence-corrected chi connectivity index (χ4v) is 2.10. The number of guanidine groups is 1. The summed E-state index contributed by atoms with van der Waals surface area (Å²) in [5, 5.41) is 2.65. The van der Waals surface area contributed by atoms with Crippen molar-refractivity contribution < 1.29 is 17.9 Å². The van der Waals surface area contributed by atoms with Crippen molar-refractivity contribution in [1.82, 2.24) is 4.90 Å². The first-order valence-electron chi connectivity index (χ1n) is 7.11. The molecule has 0 radical (unpaired) electrons. The molecule has 2 rings (SSSR count). The molecule has 0 saturated heterocycles. The van der Waals surface area contributed by atoms with E-state index < -0.39 is 6.36 Å². The number of anilines is 1. The van der Waals surface area contributed by atoms with E-state index in [4.69, 9.17) is 5.73 Å². The minimum Gasteiger partial charge on any atom is -0.404 e. The third-order valence-corrected chi connectivity index (χ3v) is 3.33. The fraction of sp³-hybridized carbons (Fsp3) is 0.400. The summed E-state index contributed by atoms with van der Waals surface area (Å²) < 4.78 is 41.0. The molecule has 0 fully saturated rings. The maximum Gasteiger partial charge on any atom is 0.573 e. The molecule has 0 aliphatic carbocycles. The number of rotatable bonds is 4. The summed E-state index contributed by atoms with van der Waals surface area (Å²) in [5.41, 5.74) is 7.02. The third kappa shape index (κ3) is 6.95. The van der Waals surface area contributed by atoms with E-state index in [-0.39, 0.29) is 41.4 Å². The van der Waals surface area contributed by atoms with Crippen molar-refractivity contribution in [3.05, 3.63) is 35.9 Å². The standard InChI is InChI=1S/C15H19F3N4O.HI/c1-22-8-6-11(7-9-22)10-20-14(19)21-12-4-2-3-5-13(12)23-15(16,17)18;/h2-6H,7-10H2,1H3,(H3,19,20,21);1H. The Morgan fingerprint density at radius 1 is 1.38 bits per heavy atom. The van der Waals surface area contributed by atoms with Crippen molar-refractivity contribution in [3.63, 3.8) is 0 Å². The predicted octanol–water partition coefficient (Wildman–Crippen LogP) is 3.19. The van der Waals surface area contributed by atoms with Crippen molar-refractivity contribution in [2.45, 2.75) is 12.8 Å². The van der Waals surface area contributed by atoms with Gasteiger partial charge in [-0.15, -0.1) is 37.1 Å². The second kappa shape index (κ2) is 9.11. The lowest BCUT2D eigenvalue weighted by molar-refractivity contribution is -0.274. The van der Waals surface area contributed by atoms with Gasteiger partial charge in [-0.3, -0.25) is 0 Å². The van der Waals surface area contributed by atoms with Crippen LogP contribution in [0.2, 0.25) is 0 Å². The maximum atomic E-state index is 12.4. The third-order valence-electron chi connectivity index (χ3n) is 3.33. The number of likely N-dealkylation sites (N-methyl/N-ethyl adjacent to an activating group) is 1. The largest absolute Gasteiger partial charge is 0.573 e. The molecule has 24 heavy (non-hydrogen) atoms. The van der Waals surface area contributed by atoms with Crippen LogP contribution < -0.4 is 15.8 Å². The molecule has 1 heterocycles. The highest BCUT2D eigenvalue weighted by atomic mass is 127. The van der Waals surface area contributed by atoms with Gasteiger partial charge in [0.05, 0.1) is 12.2 Å². The first-order chi connectivity index (χ1) is 10.8. The number of benzene rings is 1. The molecule has 9 heteroatoms. The van der Waals surface area contributed by atoms with Gasteiger partial charge in [-0.2, -0.15) is 0 Å². The molecule has 0 amide bonds. The molecule has 1 aliphatic heterocycles. The van der Waals surface area contributed by atoms with E-state index in [1.807, 2.05) is 7.05 Å². The number of nitrogens with two attached hydrogens (primary N) is 1. The Hall–Kier alpha value is -1.49. The Morgan fingerprint density at radius 2 is 2.08 bits per heavy atom. The zero-order valence-corrected chi connectivity index (χ0v) is 15.5. The number of halogens is 4. The normalized spacial score (nSPS) is 16.2. The van der Waals surface area contributed by atoms with Crippen LogP contribution in [0, 0.1) is 0 Å². The van der Waals surface area contributed by atoms with Crippen molar-refractivity contribution >= 4 is 35.6 Å². The molecular weight excluding hydrogens is 436 g/mol. The van der Waals surface area contributed by atoms with Crippen LogP contribution in [0.15, 0.2) is 40.9 Å². The van der Waals surface area contributed by atoms with Crippen LogP contribution >= 0.6 is 24.0 Å². The topological polar surface area (TPSA) is 62.9 Å². The molecule has 5 nitrogen and oxygen atoms in total. The molecule has 1 aromatic carbocycles. The van der Waals surface area contributed by atoms with Gasteiger partial charge in [-0.05, 0) is 25.6 Å². The van der Waals surface area contributed by atoms with Gasteiger partial charge in [0.1, 0.15) is 0 Å². The smallest absolute Gasteiger partial charge is 0.404 e. The molecule has 0 atom stereocenters. The Morgan fingerprint density at radius 3 is 2.71 bits per heavy atom. The van der Waals surface area contributed by atoms with Gasteiger partial charge < -0.3 is 20.7 Å². The van der Waals surface area contributed by atoms with Gasteiger partial charge in [0.25, 0.3) is 0 Å². The molecule has 0 spiro atoms. The van der Waals surface area contributed by atoms with E-state index in [2.05, 4.69) is 26.0 Å². The summed E-state index contributed by atoms with van der Waals surface area (Å²) in [6.07, 6.45) is -1.77. The molecule has 1 aliphatic rings. The van der Waals surface area contributed by atoms with E-state index in [0.29, 0.717) is 6.54 Å². The summed E-state index contributed by atoms with van der Waals surface area (Å²) in [5.74, 6) is -0.306. The van der Waals surface area contributed by atoms with Crippen molar-refractivity contribution in [1.29, 1.82) is 0 Å². The van der Waals surface area contributed by atoms with E-state index in [1.54, 1.807) is 6.07 Å². The first-order valence-corrected chi connectivity index (χ1v) is 7.11. The first kappa shape index (κ1) is 20.6. The number of hydrogen-bond acceptors (Lipinski definition) is 3. The maximum absolute atomic E-state index is 12.4. The molecule has 1 aromatic rings. The van der Waals surface area contributed by atoms with Gasteiger partial charge in [-0.25, -0.2) is 4.99 Å². The molecule has 0 aromatic heterocycles. The number of ether oxygens (including phenoxy) is 1. The Balaban J connectivity index is 0.00000288. The predicted molar refractivity (Wildman–Crippen MR) is 98.8 cm³/mol. The molecular formula is C15H20F3IN4O. The molecule has 0 unspecified atom stereocenters. The zero-order valence-electron chi connectivity index (χ0n) is 13.1. The van der Waals surface area contributed by atoms with Crippen LogP contribution in [-0.2, 0) is 0 Å². The van der Waals surface area contributed by atoms with E-state index in [1.165, 1.54) is 18.2 Å². The second-order valence-corrected chi connectivity index (χ2v) is 5.25. The van der Waals surface area contributed by atoms with E-state index in [9.17, 15) is 13.2 Å². The highest BCUT2D eigenvalue weighted by Crippen LogP contribution is 2.29. The Bertz CT molecular complexity index is 605. The number of nitrogens with one attached hydrogen (secondary N) is 1. The summed E-state index contributed by atoms with van der Waals surface area (Å²) >= 11 is 0. The molecule has 0 bridgehead atoms. The number of para-hydroxylation sites is 2. The van der Waals surface area contributed by atoms with Crippen LogP contribution in [-0.4, -0.2) is 43.9 Å². The second-order valence-electron chi connectivity index (χ2n) is 5.25. The minimum atomic E-state index is -4.76. The summed E-state index contributed by atoms with van der Waals surface area (Å²) in [7, 11) is 2.03. The fourth-order valence-electron chi connectivity index (χ4n) is 2.10. The number of hydrogen-bond donors (Lipinski definition) is 2. The average molecular weight is 456 g/mol. The van der Waals surface area contributed by atoms with Crippen LogP contribution in [0.1, 0.15) is 6.42 Å². The quantitative estimate of drug-likeness (QED) is 0.316. The lowest BCUT2D eigenvalue weighted by Gasteiger charge is -2.21. The molecule has 134 valence electrons. The van der Waals surface area contributed by atoms with Gasteiger partial charge in [0.15, 0.2) is 11.7 Å². The average Bonchev–Trinajstić information content (AvgIpc) is 2.47. The summed E-state index contributed by atoms with van der Waals surface area (Å²) in [4.78, 5) is 6.35. The minimum absolute atomic E-state index is 0. The lowest BCUT2D eigenvalue weighted by atomic mass is 10.1. The number of aliphatic imine (C=N–C) groups is 1. The van der Waals surface area contributed by atoms with Crippen molar-refractivity contribution in [2.75, 3.05) is 32.0 Å². The van der Waals surface area contributed by atoms with Gasteiger partial charge in [-0.1, -0.05) is 23.8 Å². The van der Waals surface area contributed by atoms with E-state index in [0.717, 1.165) is 25.1 Å². The van der Waals surface area contributed by atoms with Gasteiger partial charge in [0, 0.05) is 13.1 Å². The highest BCUT2D eigenvalue weighted by molar-refractivity contribution is 14.0. The van der Waals surface area contributed by atoms with Crippen LogP contribution in [0.3, 0.4) is 0 Å². The SMILES string of the molecule is CN1CC=C(CN=C(N)Nc2ccccc2OC(F)(F)F)CC1.I. The monoisotopic (exact) mass is 456 g/mol. The number of nitrogens with zero attached hydrogens (tertiary/aromatic N) is 2. The van der Waals surface area contributed by atoms with Crippen LogP contribution in [0.4, 0.5) is 18.9 Å². The summed E-state index contributed by atoms with van der Waals surface area (Å²) in [6, 6.07) is 5.68. The molecule has 0 saturated carbocycles. The van der Waals surface area contributed by atoms with Gasteiger partial charge >= 0.3 is 6.36 Å². The van der Waals surface area contributed by atoms with Crippen molar-refractivity contribution in [3.8, 4) is 5.75 Å². The highest BCUT2D eigenvalue weighted by Gasteiger charge is 2.32. The Kier molecular flexibility index (Phi) is 7.80. The number of alkyl halides is 3. The zero-order chi connectivity index (χ0) is 16.9. The Labute approximate surface area is 155 Å². The lowest BCUT2D eigenvalue weighted by Crippen LogP contribution is -2.26. The van der Waals surface area contributed by atoms with Crippen LogP contribution in [0.5, 0.6) is 5.75 Å². The van der Waals surface area contributed by atoms with E-state index >= 15 is 0 Å². The summed E-state index contributed by atoms with van der Waals surface area (Å²) in [6.45, 7) is 2.24. The van der Waals surface area contributed by atoms with Crippen molar-refractivity contribution in [2.24, 2.45) is 10.7 Å². The molecule has 3 N–H and O–H groups in total. The van der Waals surface area contributed by atoms with Crippen LogP contribution in [0.25, 0.3) is 0 Å². The van der Waals surface area contributed by atoms with Gasteiger partial charge in [0.2, 0.25) is 0 Å².